The van der Waals surface area contributed by atoms with Gasteiger partial charge in [-0.05, 0) is 60.5 Å². The van der Waals surface area contributed by atoms with Crippen molar-refractivity contribution in [3.05, 3.63) is 42.9 Å². The van der Waals surface area contributed by atoms with E-state index in [1.54, 1.807) is 18.7 Å². The average Bonchev–Trinajstić information content (AvgIpc) is 3.77. The zero-order valence-corrected chi connectivity index (χ0v) is 27.6. The first-order valence-electron chi connectivity index (χ1n) is 16.5. The quantitative estimate of drug-likeness (QED) is 0.292. The third-order valence-electron chi connectivity index (χ3n) is 12.0. The van der Waals surface area contributed by atoms with Crippen molar-refractivity contribution in [1.29, 1.82) is 0 Å². The molecule has 13 nitrogen and oxygen atoms in total. The summed E-state index contributed by atoms with van der Waals surface area (Å²) >= 11 is 0. The van der Waals surface area contributed by atoms with Gasteiger partial charge in [-0.1, -0.05) is 39.8 Å². The average molecular weight is 642 g/mol. The third-order valence-corrected chi connectivity index (χ3v) is 12.0. The van der Waals surface area contributed by atoms with E-state index in [0.717, 1.165) is 30.5 Å². The van der Waals surface area contributed by atoms with Crippen LogP contribution in [-0.4, -0.2) is 68.6 Å². The molecule has 3 fully saturated rings. The van der Waals surface area contributed by atoms with Crippen LogP contribution in [0.25, 0.3) is 22.4 Å². The number of pyridine rings is 1. The van der Waals surface area contributed by atoms with Crippen molar-refractivity contribution in [2.24, 2.45) is 34.0 Å². The van der Waals surface area contributed by atoms with E-state index in [2.05, 4.69) is 64.9 Å². The molecule has 0 aliphatic heterocycles. The van der Waals surface area contributed by atoms with Crippen LogP contribution in [0, 0.1) is 34.0 Å². The molecule has 0 spiro atoms. The van der Waals surface area contributed by atoms with Crippen LogP contribution in [0.1, 0.15) is 72.4 Å². The molecule has 0 aromatic carbocycles. The Morgan fingerprint density at radius 3 is 2.70 bits per heavy atom. The van der Waals surface area contributed by atoms with Crippen molar-refractivity contribution < 1.29 is 19.4 Å². The first kappa shape index (κ1) is 31.3. The summed E-state index contributed by atoms with van der Waals surface area (Å²) < 4.78 is 9.68. The van der Waals surface area contributed by atoms with Crippen LogP contribution in [-0.2, 0) is 27.4 Å². The van der Waals surface area contributed by atoms with Gasteiger partial charge >= 0.3 is 5.97 Å². The number of nitrogen functional groups attached to an aromatic ring is 1. The Hall–Kier alpha value is -4.26. The summed E-state index contributed by atoms with van der Waals surface area (Å²) in [7, 11) is 0. The van der Waals surface area contributed by atoms with Gasteiger partial charge < -0.3 is 20.1 Å². The van der Waals surface area contributed by atoms with Crippen molar-refractivity contribution in [2.45, 2.75) is 92.0 Å². The first-order valence-corrected chi connectivity index (χ1v) is 16.5. The van der Waals surface area contributed by atoms with Crippen molar-refractivity contribution in [2.75, 3.05) is 5.73 Å². The summed E-state index contributed by atoms with van der Waals surface area (Å²) in [5.74, 6) is 0.0574. The molecule has 3 aliphatic carbocycles. The van der Waals surface area contributed by atoms with E-state index in [4.69, 9.17) is 10.5 Å². The summed E-state index contributed by atoms with van der Waals surface area (Å²) in [4.78, 5) is 44.3. The molecular weight excluding hydrogens is 598 g/mol. The van der Waals surface area contributed by atoms with E-state index < -0.39 is 29.0 Å². The minimum Gasteiger partial charge on any atom is -0.460 e. The number of ketones is 1. The number of aliphatic hydroxyl groups is 1. The van der Waals surface area contributed by atoms with Crippen LogP contribution in [0.4, 0.5) is 5.82 Å². The lowest BCUT2D eigenvalue weighted by Crippen LogP contribution is -2.63. The van der Waals surface area contributed by atoms with Gasteiger partial charge in [0.1, 0.15) is 36.0 Å². The maximum atomic E-state index is 13.6. The van der Waals surface area contributed by atoms with Gasteiger partial charge in [-0.3, -0.25) is 14.6 Å². The number of nitrogens with two attached hydrogens (primary N) is 1. The number of carbonyl (C=O) groups excluding carboxylic acids is 2. The van der Waals surface area contributed by atoms with Gasteiger partial charge in [-0.25, -0.2) is 19.6 Å². The van der Waals surface area contributed by atoms with E-state index in [9.17, 15) is 14.7 Å². The smallest absolute Gasteiger partial charge is 0.328 e. The lowest BCUT2D eigenvalue weighted by Gasteiger charge is -2.61. The largest absolute Gasteiger partial charge is 0.460 e. The lowest BCUT2D eigenvalue weighted by atomic mass is 9.44. The van der Waals surface area contributed by atoms with Crippen LogP contribution in [0.3, 0.4) is 0 Å². The van der Waals surface area contributed by atoms with Gasteiger partial charge in [-0.15, -0.1) is 5.10 Å². The van der Waals surface area contributed by atoms with Crippen LogP contribution >= 0.6 is 0 Å². The zero-order valence-electron chi connectivity index (χ0n) is 27.6. The number of imidazole rings is 1. The second-order valence-electron chi connectivity index (χ2n) is 15.0. The van der Waals surface area contributed by atoms with Crippen LogP contribution in [0.15, 0.2) is 37.2 Å². The molecule has 7 atom stereocenters. The fraction of sp³-hybridized carbons (Fsp3) is 0.588. The second kappa shape index (κ2) is 11.2. The number of aromatic nitrogens is 8. The number of aliphatic hydroxyl groups excluding tert-OH is 1. The van der Waals surface area contributed by atoms with Crippen LogP contribution < -0.4 is 5.73 Å². The van der Waals surface area contributed by atoms with Gasteiger partial charge in [0.25, 0.3) is 0 Å². The second-order valence-corrected chi connectivity index (χ2v) is 15.0. The number of ether oxygens (including phenoxy) is 1. The fourth-order valence-corrected chi connectivity index (χ4v) is 9.18. The summed E-state index contributed by atoms with van der Waals surface area (Å²) in [6.07, 6.45) is 8.98. The third kappa shape index (κ3) is 5.01. The number of rotatable bonds is 6. The van der Waals surface area contributed by atoms with E-state index >= 15 is 0 Å². The molecule has 7 rings (SSSR count). The van der Waals surface area contributed by atoms with Crippen LogP contribution in [0.2, 0.25) is 0 Å². The number of carbonyl (C=O) groups is 2. The summed E-state index contributed by atoms with van der Waals surface area (Å²) in [6.45, 7) is 10.9. The monoisotopic (exact) mass is 641 g/mol. The van der Waals surface area contributed by atoms with Gasteiger partial charge in [0.2, 0.25) is 0 Å². The molecule has 4 aromatic heterocycles. The number of Topliss-reactive ketones (excluding diaryl/α,β-unsaturated/α-hetero) is 1. The van der Waals surface area contributed by atoms with Crippen molar-refractivity contribution >= 4 is 28.7 Å². The molecule has 0 saturated heterocycles. The Morgan fingerprint density at radius 1 is 1.13 bits per heavy atom. The summed E-state index contributed by atoms with van der Waals surface area (Å²) in [6, 6.07) is 3.79. The zero-order chi connectivity index (χ0) is 33.3. The van der Waals surface area contributed by atoms with Gasteiger partial charge in [0.15, 0.2) is 11.5 Å². The van der Waals surface area contributed by atoms with E-state index in [0.29, 0.717) is 42.1 Å². The van der Waals surface area contributed by atoms with Gasteiger partial charge in [0.05, 0.1) is 30.9 Å². The van der Waals surface area contributed by atoms with Crippen LogP contribution in [0.5, 0.6) is 0 Å². The Bertz CT molecular complexity index is 1830. The standard InChI is InChI=1S/C34H43N9O4/c1-19-8-10-34-11-9-24(44)28(34)33(19,5)25(12-32(3,4)29(46)20(34)2)47-26(45)16-43-15-23(40-41-43)21-6-7-22(36-13-21)14-42-18-39-27-30(35)37-17-38-31(27)42/h6-7,13,15,17-20,25,28-29,46H,8-12,14,16H2,1-5H3,(H2,35,37,38)/t19-,20+,25-,28+,29+,33+,34+/m1/s1. The Morgan fingerprint density at radius 2 is 1.94 bits per heavy atom. The summed E-state index contributed by atoms with van der Waals surface area (Å²) in [5, 5.41) is 20.1. The Balaban J connectivity index is 1.07. The van der Waals surface area contributed by atoms with E-state index in [1.807, 2.05) is 16.7 Å². The number of nitrogens with zero attached hydrogens (tertiary/aromatic N) is 8. The molecule has 47 heavy (non-hydrogen) atoms. The Labute approximate surface area is 273 Å². The summed E-state index contributed by atoms with van der Waals surface area (Å²) in [5.41, 5.74) is 7.89. The molecule has 0 radical (unpaired) electrons. The molecule has 4 aromatic rings. The molecule has 3 N–H and O–H groups in total. The highest BCUT2D eigenvalue weighted by molar-refractivity contribution is 5.86. The normalized spacial score (nSPS) is 31.7. The molecule has 3 saturated carbocycles. The number of esters is 1. The van der Waals surface area contributed by atoms with Crippen molar-refractivity contribution in [1.82, 2.24) is 39.5 Å². The maximum Gasteiger partial charge on any atom is 0.328 e. The highest BCUT2D eigenvalue weighted by Gasteiger charge is 2.68. The predicted molar refractivity (Wildman–Crippen MR) is 172 cm³/mol. The van der Waals surface area contributed by atoms with Gasteiger partial charge in [0, 0.05) is 29.5 Å². The molecule has 4 heterocycles. The molecule has 13 heteroatoms. The number of hydrogen-bond acceptors (Lipinski definition) is 11. The van der Waals surface area contributed by atoms with Crippen molar-refractivity contribution in [3.8, 4) is 11.3 Å². The highest BCUT2D eigenvalue weighted by atomic mass is 16.5. The number of anilines is 1. The Kier molecular flexibility index (Phi) is 7.45. The SMILES string of the molecule is C[C@@H]1CC[C@@]23CCC(=O)[C@H]2[C@]1(C)[C@H](OC(=O)Cn1cc(-c2ccc(Cn4cnc5c(N)ncnc54)nc2)nn1)CC(C)(C)[C@@H](O)[C@@H]3C. The van der Waals surface area contributed by atoms with Gasteiger partial charge in [-0.2, -0.15) is 0 Å². The molecule has 248 valence electrons. The molecule has 3 aliphatic rings. The minimum absolute atomic E-state index is 0.0192. The molecule has 0 amide bonds. The lowest BCUT2D eigenvalue weighted by molar-refractivity contribution is -0.210. The maximum absolute atomic E-state index is 13.6. The fourth-order valence-electron chi connectivity index (χ4n) is 9.18. The minimum atomic E-state index is -0.611. The molecule has 0 unspecified atom stereocenters. The highest BCUT2D eigenvalue weighted by Crippen LogP contribution is 2.67. The predicted octanol–water partition coefficient (Wildman–Crippen LogP) is 3.85. The first-order chi connectivity index (χ1) is 22.3. The molecule has 2 bridgehead atoms. The van der Waals surface area contributed by atoms with E-state index in [-0.39, 0.29) is 35.5 Å². The van der Waals surface area contributed by atoms with Crippen molar-refractivity contribution in [3.63, 3.8) is 0 Å². The van der Waals surface area contributed by atoms with E-state index in [1.165, 1.54) is 11.0 Å². The molecular formula is C34H43N9O4. The topological polar surface area (TPSA) is 177 Å². The number of hydrogen-bond donors (Lipinski definition) is 2. The number of fused-ring (bicyclic) bond motifs is 1.